The summed E-state index contributed by atoms with van der Waals surface area (Å²) in [6.45, 7) is 2.65. The van der Waals surface area contributed by atoms with Gasteiger partial charge in [-0.15, -0.1) is 0 Å². The standard InChI is InChI=1S/C18H21Cl2N3O5S/c1-10(16(24)21-9-11-3-5-22(6-4-11)29(2,27)28)23-17(25)12-7-14(19)15(20)8-13(12)18(23)26/h7-8,10-11H,3-6,9H2,1-2H3,(H,21,24). The maximum absolute atomic E-state index is 12.6. The third-order valence-corrected chi connectivity index (χ3v) is 7.36. The van der Waals surface area contributed by atoms with Gasteiger partial charge in [0, 0.05) is 19.6 Å². The zero-order chi connectivity index (χ0) is 21.5. The number of fused-ring (bicyclic) bond motifs is 1. The van der Waals surface area contributed by atoms with E-state index in [2.05, 4.69) is 5.32 Å². The first-order valence-corrected chi connectivity index (χ1v) is 11.7. The monoisotopic (exact) mass is 461 g/mol. The zero-order valence-corrected chi connectivity index (χ0v) is 18.3. The minimum Gasteiger partial charge on any atom is -0.354 e. The van der Waals surface area contributed by atoms with E-state index in [4.69, 9.17) is 23.2 Å². The van der Waals surface area contributed by atoms with Crippen LogP contribution in [0.3, 0.4) is 0 Å². The number of nitrogens with one attached hydrogen (secondary N) is 1. The number of rotatable bonds is 5. The van der Waals surface area contributed by atoms with E-state index >= 15 is 0 Å². The Morgan fingerprint density at radius 1 is 1.14 bits per heavy atom. The van der Waals surface area contributed by atoms with Crippen molar-refractivity contribution in [1.82, 2.24) is 14.5 Å². The van der Waals surface area contributed by atoms with Crippen molar-refractivity contribution < 1.29 is 22.8 Å². The Hall–Kier alpha value is -1.68. The number of carbonyl (C=O) groups excluding carboxylic acids is 3. The van der Waals surface area contributed by atoms with Crippen molar-refractivity contribution in [3.05, 3.63) is 33.3 Å². The molecule has 1 fully saturated rings. The number of hydrogen-bond donors (Lipinski definition) is 1. The highest BCUT2D eigenvalue weighted by atomic mass is 35.5. The van der Waals surface area contributed by atoms with Crippen LogP contribution in [-0.4, -0.2) is 67.3 Å². The highest BCUT2D eigenvalue weighted by Gasteiger charge is 2.41. The molecular formula is C18H21Cl2N3O5S. The number of sulfonamides is 1. The molecule has 0 radical (unpaired) electrons. The lowest BCUT2D eigenvalue weighted by atomic mass is 9.98. The molecular weight excluding hydrogens is 441 g/mol. The predicted molar refractivity (Wildman–Crippen MR) is 109 cm³/mol. The smallest absolute Gasteiger partial charge is 0.262 e. The lowest BCUT2D eigenvalue weighted by Gasteiger charge is -2.30. The lowest BCUT2D eigenvalue weighted by Crippen LogP contribution is -2.49. The normalized spacial score (nSPS) is 19.4. The van der Waals surface area contributed by atoms with Crippen LogP contribution in [0, 0.1) is 5.92 Å². The molecule has 3 rings (SSSR count). The second-order valence-corrected chi connectivity index (χ2v) is 10.1. The molecule has 1 atom stereocenters. The molecule has 0 spiro atoms. The quantitative estimate of drug-likeness (QED) is 0.672. The van der Waals surface area contributed by atoms with Gasteiger partial charge in [0.25, 0.3) is 11.8 Å². The number of imide groups is 1. The Labute approximate surface area is 179 Å². The number of amides is 3. The largest absolute Gasteiger partial charge is 0.354 e. The van der Waals surface area contributed by atoms with Crippen molar-refractivity contribution in [2.45, 2.75) is 25.8 Å². The fraction of sp³-hybridized carbons (Fsp3) is 0.500. The van der Waals surface area contributed by atoms with Crippen molar-refractivity contribution >= 4 is 50.9 Å². The third kappa shape index (κ3) is 4.42. The van der Waals surface area contributed by atoms with Gasteiger partial charge in [-0.05, 0) is 37.8 Å². The molecule has 11 heteroatoms. The lowest BCUT2D eigenvalue weighted by molar-refractivity contribution is -0.124. The fourth-order valence-corrected chi connectivity index (χ4v) is 4.76. The van der Waals surface area contributed by atoms with Gasteiger partial charge in [-0.3, -0.25) is 19.3 Å². The molecule has 0 aliphatic carbocycles. The summed E-state index contributed by atoms with van der Waals surface area (Å²) in [5.41, 5.74) is 0.245. The minimum atomic E-state index is -3.20. The molecule has 1 aromatic rings. The van der Waals surface area contributed by atoms with Gasteiger partial charge in [-0.2, -0.15) is 0 Å². The number of nitrogens with zero attached hydrogens (tertiary/aromatic N) is 2. The van der Waals surface area contributed by atoms with Crippen molar-refractivity contribution in [3.63, 3.8) is 0 Å². The van der Waals surface area contributed by atoms with E-state index in [1.807, 2.05) is 0 Å². The molecule has 1 N–H and O–H groups in total. The van der Waals surface area contributed by atoms with Crippen LogP contribution in [0.15, 0.2) is 12.1 Å². The Bertz CT molecular complexity index is 933. The summed E-state index contributed by atoms with van der Waals surface area (Å²) >= 11 is 11.9. The Kier molecular flexibility index (Phi) is 6.24. The van der Waals surface area contributed by atoms with E-state index in [1.54, 1.807) is 0 Å². The van der Waals surface area contributed by atoms with Gasteiger partial charge in [0.05, 0.1) is 27.4 Å². The number of hydrogen-bond acceptors (Lipinski definition) is 5. The number of carbonyl (C=O) groups is 3. The molecule has 0 bridgehead atoms. The average molecular weight is 462 g/mol. The Morgan fingerprint density at radius 2 is 1.62 bits per heavy atom. The van der Waals surface area contributed by atoms with Gasteiger partial charge in [0.15, 0.2) is 0 Å². The maximum atomic E-state index is 12.6. The van der Waals surface area contributed by atoms with Gasteiger partial charge in [-0.1, -0.05) is 23.2 Å². The second kappa shape index (κ2) is 8.22. The van der Waals surface area contributed by atoms with Crippen LogP contribution in [-0.2, 0) is 14.8 Å². The Balaban J connectivity index is 1.60. The first-order chi connectivity index (χ1) is 13.5. The minimum absolute atomic E-state index is 0.122. The average Bonchev–Trinajstić information content (AvgIpc) is 2.89. The van der Waals surface area contributed by atoms with E-state index in [0.717, 1.165) is 4.90 Å². The Morgan fingerprint density at radius 3 is 2.07 bits per heavy atom. The fourth-order valence-electron chi connectivity index (χ4n) is 3.56. The molecule has 0 aromatic heterocycles. The van der Waals surface area contributed by atoms with Crippen LogP contribution in [0.25, 0.3) is 0 Å². The van der Waals surface area contributed by atoms with E-state index in [0.29, 0.717) is 32.5 Å². The van der Waals surface area contributed by atoms with E-state index in [1.165, 1.54) is 29.6 Å². The summed E-state index contributed by atoms with van der Waals surface area (Å²) in [7, 11) is -3.20. The van der Waals surface area contributed by atoms with Gasteiger partial charge < -0.3 is 5.32 Å². The van der Waals surface area contributed by atoms with Crippen molar-refractivity contribution in [3.8, 4) is 0 Å². The summed E-state index contributed by atoms with van der Waals surface area (Å²) in [5.74, 6) is -1.51. The van der Waals surface area contributed by atoms with Crippen LogP contribution in [0.4, 0.5) is 0 Å². The second-order valence-electron chi connectivity index (χ2n) is 7.32. The number of piperidine rings is 1. The summed E-state index contributed by atoms with van der Waals surface area (Å²) < 4.78 is 24.5. The summed E-state index contributed by atoms with van der Waals surface area (Å²) in [6.07, 6.45) is 2.44. The SMILES string of the molecule is CC(C(=O)NCC1CCN(S(C)(=O)=O)CC1)N1C(=O)c2cc(Cl)c(Cl)cc2C1=O. The highest BCUT2D eigenvalue weighted by Crippen LogP contribution is 2.32. The van der Waals surface area contributed by atoms with Gasteiger partial charge in [0.2, 0.25) is 15.9 Å². The molecule has 1 unspecified atom stereocenters. The molecule has 8 nitrogen and oxygen atoms in total. The van der Waals surface area contributed by atoms with Gasteiger partial charge >= 0.3 is 0 Å². The first kappa shape index (κ1) is 22.0. The molecule has 2 aliphatic rings. The molecule has 158 valence electrons. The van der Waals surface area contributed by atoms with E-state index < -0.39 is 33.8 Å². The predicted octanol–water partition coefficient (Wildman–Crippen LogP) is 1.77. The van der Waals surface area contributed by atoms with Crippen LogP contribution in [0.2, 0.25) is 10.0 Å². The highest BCUT2D eigenvalue weighted by molar-refractivity contribution is 7.88. The van der Waals surface area contributed by atoms with Crippen LogP contribution >= 0.6 is 23.2 Å². The van der Waals surface area contributed by atoms with Crippen molar-refractivity contribution in [1.29, 1.82) is 0 Å². The number of benzene rings is 1. The third-order valence-electron chi connectivity index (χ3n) is 5.33. The molecule has 2 heterocycles. The van der Waals surface area contributed by atoms with E-state index in [9.17, 15) is 22.8 Å². The summed E-state index contributed by atoms with van der Waals surface area (Å²) in [4.78, 5) is 38.7. The molecule has 29 heavy (non-hydrogen) atoms. The number of halogens is 2. The molecule has 1 saturated heterocycles. The van der Waals surface area contributed by atoms with Crippen molar-refractivity contribution in [2.75, 3.05) is 25.9 Å². The van der Waals surface area contributed by atoms with Crippen molar-refractivity contribution in [2.24, 2.45) is 5.92 Å². The van der Waals surface area contributed by atoms with Crippen LogP contribution in [0.5, 0.6) is 0 Å². The van der Waals surface area contributed by atoms with E-state index in [-0.39, 0.29) is 27.1 Å². The maximum Gasteiger partial charge on any atom is 0.262 e. The summed E-state index contributed by atoms with van der Waals surface area (Å²) in [6, 6.07) is 1.66. The van der Waals surface area contributed by atoms with Crippen LogP contribution in [0.1, 0.15) is 40.5 Å². The van der Waals surface area contributed by atoms with Gasteiger partial charge in [-0.25, -0.2) is 12.7 Å². The topological polar surface area (TPSA) is 104 Å². The molecule has 3 amide bonds. The van der Waals surface area contributed by atoms with Crippen LogP contribution < -0.4 is 5.32 Å². The molecule has 2 aliphatic heterocycles. The first-order valence-electron chi connectivity index (χ1n) is 9.10. The molecule has 0 saturated carbocycles. The van der Waals surface area contributed by atoms with Gasteiger partial charge in [0.1, 0.15) is 6.04 Å². The molecule has 1 aromatic carbocycles. The summed E-state index contributed by atoms with van der Waals surface area (Å²) in [5, 5.41) is 3.08. The zero-order valence-electron chi connectivity index (χ0n) is 15.9.